The van der Waals surface area contributed by atoms with Crippen LogP contribution < -0.4 is 5.14 Å². The lowest BCUT2D eigenvalue weighted by Crippen LogP contribution is -2.16. The Hall–Kier alpha value is -1.11. The van der Waals surface area contributed by atoms with Crippen molar-refractivity contribution >= 4 is 27.6 Å². The van der Waals surface area contributed by atoms with Gasteiger partial charge in [0.25, 0.3) is 0 Å². The van der Waals surface area contributed by atoms with Gasteiger partial charge in [-0.15, -0.1) is 0 Å². The summed E-state index contributed by atoms with van der Waals surface area (Å²) in [6.07, 6.45) is 2.12. The lowest BCUT2D eigenvalue weighted by Gasteiger charge is -2.09. The van der Waals surface area contributed by atoms with Gasteiger partial charge in [0.05, 0.1) is 17.1 Å². The van der Waals surface area contributed by atoms with E-state index in [0.29, 0.717) is 18.1 Å². The molecule has 7 heteroatoms. The molecule has 0 heterocycles. The van der Waals surface area contributed by atoms with E-state index in [2.05, 4.69) is 0 Å². The third kappa shape index (κ3) is 3.46. The number of primary sulfonamides is 1. The molecule has 0 bridgehead atoms. The number of hydrogen-bond donors (Lipinski definition) is 1. The minimum Gasteiger partial charge on any atom is -0.462 e. The number of ether oxygens (including phenoxy) is 1. The number of carbonyl (C=O) groups excluding carboxylic acids is 1. The van der Waals surface area contributed by atoms with E-state index in [1.165, 1.54) is 19.1 Å². The molecule has 19 heavy (non-hydrogen) atoms. The van der Waals surface area contributed by atoms with Crippen LogP contribution >= 0.6 is 11.6 Å². The largest absolute Gasteiger partial charge is 0.462 e. The Bertz CT molecular complexity index is 623. The quantitative estimate of drug-likeness (QED) is 0.860. The lowest BCUT2D eigenvalue weighted by atomic mass is 10.1. The normalized spacial score (nSPS) is 15.3. The van der Waals surface area contributed by atoms with Gasteiger partial charge >= 0.3 is 5.97 Å². The number of halogens is 1. The Morgan fingerprint density at radius 1 is 1.47 bits per heavy atom. The summed E-state index contributed by atoms with van der Waals surface area (Å²) in [5.41, 5.74) is 0.420. The highest BCUT2D eigenvalue weighted by atomic mass is 35.5. The fourth-order valence-electron chi connectivity index (χ4n) is 1.63. The first-order valence-corrected chi connectivity index (χ1v) is 7.71. The maximum absolute atomic E-state index is 11.8. The molecule has 0 aromatic heterocycles. The highest BCUT2D eigenvalue weighted by Gasteiger charge is 2.24. The molecule has 1 aromatic carbocycles. The van der Waals surface area contributed by atoms with Crippen molar-refractivity contribution < 1.29 is 17.9 Å². The predicted octanol–water partition coefficient (Wildman–Crippen LogP) is 1.86. The molecule has 0 unspecified atom stereocenters. The van der Waals surface area contributed by atoms with Crippen molar-refractivity contribution in [3.8, 4) is 0 Å². The molecule has 2 N–H and O–H groups in total. The van der Waals surface area contributed by atoms with Gasteiger partial charge in [-0.05, 0) is 43.4 Å². The first-order chi connectivity index (χ1) is 8.79. The molecule has 104 valence electrons. The fourth-order valence-corrected chi connectivity index (χ4v) is 2.73. The second-order valence-corrected chi connectivity index (χ2v) is 6.61. The van der Waals surface area contributed by atoms with Crippen molar-refractivity contribution in [1.82, 2.24) is 0 Å². The average Bonchev–Trinajstić information content (AvgIpc) is 3.11. The van der Waals surface area contributed by atoms with Crippen molar-refractivity contribution in [2.45, 2.75) is 24.7 Å². The number of carbonyl (C=O) groups is 1. The third-order valence-electron chi connectivity index (χ3n) is 2.99. The van der Waals surface area contributed by atoms with Crippen LogP contribution in [0.15, 0.2) is 17.0 Å². The van der Waals surface area contributed by atoms with Gasteiger partial charge in [0.2, 0.25) is 10.0 Å². The molecular weight excluding hydrogens is 290 g/mol. The van der Waals surface area contributed by atoms with Crippen molar-refractivity contribution in [3.05, 3.63) is 28.3 Å². The monoisotopic (exact) mass is 303 g/mol. The first-order valence-electron chi connectivity index (χ1n) is 5.79. The molecule has 0 amide bonds. The van der Waals surface area contributed by atoms with Gasteiger partial charge in [-0.25, -0.2) is 18.4 Å². The van der Waals surface area contributed by atoms with Gasteiger partial charge in [-0.3, -0.25) is 0 Å². The van der Waals surface area contributed by atoms with E-state index in [4.69, 9.17) is 21.5 Å². The molecule has 0 atom stereocenters. The van der Waals surface area contributed by atoms with Crippen molar-refractivity contribution in [2.24, 2.45) is 11.1 Å². The zero-order valence-electron chi connectivity index (χ0n) is 10.3. The van der Waals surface area contributed by atoms with E-state index in [-0.39, 0.29) is 15.5 Å². The van der Waals surface area contributed by atoms with Crippen LogP contribution in [0.5, 0.6) is 0 Å². The molecule has 0 aliphatic heterocycles. The zero-order valence-corrected chi connectivity index (χ0v) is 11.9. The number of hydrogen-bond acceptors (Lipinski definition) is 4. The van der Waals surface area contributed by atoms with Crippen LogP contribution in [0.25, 0.3) is 0 Å². The Balaban J connectivity index is 2.30. The molecule has 1 aliphatic carbocycles. The minimum absolute atomic E-state index is 0.0975. The van der Waals surface area contributed by atoms with Crippen LogP contribution in [0, 0.1) is 12.8 Å². The van der Waals surface area contributed by atoms with Crippen LogP contribution in [-0.4, -0.2) is 21.0 Å². The van der Waals surface area contributed by atoms with Crippen LogP contribution in [0.3, 0.4) is 0 Å². The van der Waals surface area contributed by atoms with Crippen molar-refractivity contribution in [2.75, 3.05) is 6.61 Å². The molecule has 1 fully saturated rings. The molecule has 5 nitrogen and oxygen atoms in total. The predicted molar refractivity (Wildman–Crippen MR) is 70.6 cm³/mol. The van der Waals surface area contributed by atoms with Crippen molar-refractivity contribution in [1.29, 1.82) is 0 Å². The SMILES string of the molecule is Cc1c(Cl)cc(C(=O)OCC2CC2)cc1S(N)(=O)=O. The van der Waals surface area contributed by atoms with Gasteiger partial charge in [-0.1, -0.05) is 11.6 Å². The standard InChI is InChI=1S/C12H14ClNO4S/c1-7-10(13)4-9(5-11(7)19(14,16)17)12(15)18-6-8-2-3-8/h4-5,8H,2-3,6H2,1H3,(H2,14,16,17). The van der Waals surface area contributed by atoms with Gasteiger partial charge in [0.15, 0.2) is 0 Å². The molecule has 1 aromatic rings. The average molecular weight is 304 g/mol. The smallest absolute Gasteiger partial charge is 0.338 e. The van der Waals surface area contributed by atoms with Crippen molar-refractivity contribution in [3.63, 3.8) is 0 Å². The van der Waals surface area contributed by atoms with E-state index in [9.17, 15) is 13.2 Å². The number of rotatable bonds is 4. The summed E-state index contributed by atoms with van der Waals surface area (Å²) in [5.74, 6) is -0.152. The van der Waals surface area contributed by atoms with E-state index in [1.54, 1.807) is 0 Å². The zero-order chi connectivity index (χ0) is 14.2. The topological polar surface area (TPSA) is 86.5 Å². The highest BCUT2D eigenvalue weighted by molar-refractivity contribution is 7.89. The van der Waals surface area contributed by atoms with E-state index in [1.807, 2.05) is 0 Å². The van der Waals surface area contributed by atoms with E-state index < -0.39 is 16.0 Å². The maximum Gasteiger partial charge on any atom is 0.338 e. The number of benzene rings is 1. The van der Waals surface area contributed by atoms with Crippen LogP contribution in [0.1, 0.15) is 28.8 Å². The molecular formula is C12H14ClNO4S. The Morgan fingerprint density at radius 3 is 2.63 bits per heavy atom. The van der Waals surface area contributed by atoms with Crippen LogP contribution in [-0.2, 0) is 14.8 Å². The second-order valence-electron chi connectivity index (χ2n) is 4.67. The summed E-state index contributed by atoms with van der Waals surface area (Å²) in [4.78, 5) is 11.6. The third-order valence-corrected chi connectivity index (χ3v) is 4.42. The number of sulfonamides is 1. The molecule has 2 rings (SSSR count). The van der Waals surface area contributed by atoms with Gasteiger partial charge in [0, 0.05) is 5.02 Å². The molecule has 1 aliphatic rings. The summed E-state index contributed by atoms with van der Waals surface area (Å²) in [7, 11) is -3.92. The summed E-state index contributed by atoms with van der Waals surface area (Å²) in [5, 5.41) is 5.26. The van der Waals surface area contributed by atoms with E-state index in [0.717, 1.165) is 12.8 Å². The van der Waals surface area contributed by atoms with Gasteiger partial charge in [0.1, 0.15) is 0 Å². The lowest BCUT2D eigenvalue weighted by molar-refractivity contribution is 0.0486. The maximum atomic E-state index is 11.8. The second kappa shape index (κ2) is 5.11. The summed E-state index contributed by atoms with van der Waals surface area (Å²) < 4.78 is 27.9. The highest BCUT2D eigenvalue weighted by Crippen LogP contribution is 2.30. The van der Waals surface area contributed by atoms with Crippen LogP contribution in [0.4, 0.5) is 0 Å². The minimum atomic E-state index is -3.92. The molecule has 0 spiro atoms. The molecule has 0 saturated heterocycles. The summed E-state index contributed by atoms with van der Waals surface area (Å²) in [6.45, 7) is 1.89. The van der Waals surface area contributed by atoms with Gasteiger partial charge in [-0.2, -0.15) is 0 Å². The Labute approximate surface area is 116 Å². The van der Waals surface area contributed by atoms with Crippen LogP contribution in [0.2, 0.25) is 5.02 Å². The Morgan fingerprint density at radius 2 is 2.11 bits per heavy atom. The fraction of sp³-hybridized carbons (Fsp3) is 0.417. The van der Waals surface area contributed by atoms with Gasteiger partial charge < -0.3 is 4.74 Å². The van der Waals surface area contributed by atoms with E-state index >= 15 is 0 Å². The number of esters is 1. The number of nitrogens with two attached hydrogens (primary N) is 1. The molecule has 1 saturated carbocycles. The Kier molecular flexibility index (Phi) is 3.85. The summed E-state index contributed by atoms with van der Waals surface area (Å²) in [6, 6.07) is 2.59. The summed E-state index contributed by atoms with van der Waals surface area (Å²) >= 11 is 5.92. The first kappa shape index (κ1) is 14.3. The molecule has 0 radical (unpaired) electrons.